The Morgan fingerprint density at radius 3 is 2.08 bits per heavy atom. The van der Waals surface area contributed by atoms with Gasteiger partial charge in [0.1, 0.15) is 0 Å². The van der Waals surface area contributed by atoms with Gasteiger partial charge >= 0.3 is 0 Å². The monoisotopic (exact) mass is 362 g/mol. The summed E-state index contributed by atoms with van der Waals surface area (Å²) in [6.07, 6.45) is 2.57. The summed E-state index contributed by atoms with van der Waals surface area (Å²) in [5, 5.41) is 1.40. The molecule has 0 heterocycles. The number of carbonyl (C=O) groups is 1. The lowest BCUT2D eigenvalue weighted by molar-refractivity contribution is -0.140. The van der Waals surface area contributed by atoms with Crippen molar-refractivity contribution in [3.63, 3.8) is 0 Å². The number of hydrogen-bond donors (Lipinski definition) is 0. The van der Waals surface area contributed by atoms with E-state index in [2.05, 4.69) is 83.5 Å². The van der Waals surface area contributed by atoms with Gasteiger partial charge in [-0.2, -0.15) is 0 Å². The van der Waals surface area contributed by atoms with Gasteiger partial charge in [0.05, 0.1) is 14.0 Å². The molecule has 0 aliphatic carbocycles. The molecule has 1 rings (SSSR count). The molecule has 0 radical (unpaired) electrons. The summed E-state index contributed by atoms with van der Waals surface area (Å²) in [7, 11) is -3.74. The summed E-state index contributed by atoms with van der Waals surface area (Å²) in [6.45, 7) is 19.3. The zero-order chi connectivity index (χ0) is 18.5. The summed E-state index contributed by atoms with van der Waals surface area (Å²) < 4.78 is 5.89. The molecule has 0 aliphatic rings. The van der Waals surface area contributed by atoms with Crippen molar-refractivity contribution in [1.82, 2.24) is 0 Å². The first kappa shape index (κ1) is 20.9. The summed E-state index contributed by atoms with van der Waals surface area (Å²) in [5.74, 6) is 0.298. The van der Waals surface area contributed by atoms with E-state index in [-0.39, 0.29) is 11.9 Å². The minimum Gasteiger partial charge on any atom is -0.520 e. The third-order valence-corrected chi connectivity index (χ3v) is 10.0. The van der Waals surface area contributed by atoms with Crippen LogP contribution < -0.4 is 5.19 Å². The second kappa shape index (κ2) is 8.30. The van der Waals surface area contributed by atoms with E-state index in [1.165, 1.54) is 5.19 Å². The third kappa shape index (κ3) is 5.45. The van der Waals surface area contributed by atoms with Crippen LogP contribution in [0.5, 0.6) is 0 Å². The molecule has 0 fully saturated rings. The number of allylic oxidation sites excluding steroid dienone is 1. The van der Waals surface area contributed by atoms with Gasteiger partial charge < -0.3 is 4.43 Å². The maximum atomic E-state index is 13.0. The molecule has 24 heavy (non-hydrogen) atoms. The van der Waals surface area contributed by atoms with E-state index in [4.69, 9.17) is 4.43 Å². The van der Waals surface area contributed by atoms with Gasteiger partial charge in [-0.25, -0.2) is 0 Å². The van der Waals surface area contributed by atoms with Gasteiger partial charge in [0, 0.05) is 0 Å². The van der Waals surface area contributed by atoms with Crippen molar-refractivity contribution in [1.29, 1.82) is 0 Å². The van der Waals surface area contributed by atoms with E-state index in [1.807, 2.05) is 6.08 Å². The Bertz CT molecular complexity index is 545. The number of benzene rings is 1. The normalized spacial score (nSPS) is 15.0. The Morgan fingerprint density at radius 2 is 1.67 bits per heavy atom. The molecule has 134 valence electrons. The SMILES string of the molecule is C=CC[C@H](C(=O)O[Si](C)(C)C)[C@H](C(C)C)[Si](C)(C)c1ccccc1. The van der Waals surface area contributed by atoms with Crippen molar-refractivity contribution in [2.45, 2.75) is 58.5 Å². The number of carbonyl (C=O) groups excluding carboxylic acids is 1. The molecule has 0 bridgehead atoms. The highest BCUT2D eigenvalue weighted by Gasteiger charge is 2.44. The third-order valence-electron chi connectivity index (χ3n) is 4.63. The first-order chi connectivity index (χ1) is 11.0. The van der Waals surface area contributed by atoms with Gasteiger partial charge in [0.25, 0.3) is 5.97 Å². The van der Waals surface area contributed by atoms with Crippen LogP contribution >= 0.6 is 0 Å². The first-order valence-electron chi connectivity index (χ1n) is 8.90. The number of rotatable bonds is 8. The Morgan fingerprint density at radius 1 is 1.12 bits per heavy atom. The van der Waals surface area contributed by atoms with Crippen LogP contribution in [-0.2, 0) is 9.22 Å². The molecule has 2 atom stereocenters. The van der Waals surface area contributed by atoms with Gasteiger partial charge in [0.2, 0.25) is 8.32 Å². The minimum absolute atomic E-state index is 0.0238. The van der Waals surface area contributed by atoms with Gasteiger partial charge in [0.15, 0.2) is 0 Å². The molecule has 0 aliphatic heterocycles. The highest BCUT2D eigenvalue weighted by atomic mass is 28.4. The van der Waals surface area contributed by atoms with E-state index in [0.29, 0.717) is 17.9 Å². The van der Waals surface area contributed by atoms with E-state index in [1.54, 1.807) is 0 Å². The smallest absolute Gasteiger partial charge is 0.295 e. The highest BCUT2D eigenvalue weighted by molar-refractivity contribution is 6.91. The Labute approximate surface area is 150 Å². The quantitative estimate of drug-likeness (QED) is 0.469. The van der Waals surface area contributed by atoms with Crippen molar-refractivity contribution in [2.75, 3.05) is 0 Å². The lowest BCUT2D eigenvalue weighted by Crippen LogP contribution is -2.52. The standard InChI is InChI=1S/C20H34O2Si2/c1-9-13-18(20(21)22-23(4,5)6)19(16(2)3)24(7,8)17-14-11-10-12-15-17/h9-12,14-16,18-19H,1,13H2,2-8H3/t18-,19-/m0/s1. The average molecular weight is 363 g/mol. The zero-order valence-electron chi connectivity index (χ0n) is 16.4. The fourth-order valence-corrected chi connectivity index (χ4v) is 8.94. The van der Waals surface area contributed by atoms with Crippen LogP contribution in [0.4, 0.5) is 0 Å². The van der Waals surface area contributed by atoms with Crippen LogP contribution in [0.25, 0.3) is 0 Å². The molecule has 0 amide bonds. The van der Waals surface area contributed by atoms with Crippen molar-refractivity contribution in [2.24, 2.45) is 11.8 Å². The summed E-state index contributed by atoms with van der Waals surface area (Å²) in [4.78, 5) is 13.0. The Balaban J connectivity index is 3.27. The van der Waals surface area contributed by atoms with E-state index in [9.17, 15) is 4.79 Å². The molecule has 1 aromatic rings. The number of hydrogen-bond acceptors (Lipinski definition) is 2. The molecule has 4 heteroatoms. The van der Waals surface area contributed by atoms with Crippen molar-refractivity contribution >= 4 is 27.5 Å². The van der Waals surface area contributed by atoms with Gasteiger partial charge in [-0.1, -0.05) is 68.5 Å². The van der Waals surface area contributed by atoms with Crippen LogP contribution in [0.3, 0.4) is 0 Å². The second-order valence-electron chi connectivity index (χ2n) is 8.52. The first-order valence-corrected chi connectivity index (χ1v) is 15.4. The molecular weight excluding hydrogens is 328 g/mol. The van der Waals surface area contributed by atoms with Gasteiger partial charge in [-0.3, -0.25) is 4.79 Å². The average Bonchev–Trinajstić information content (AvgIpc) is 2.45. The van der Waals surface area contributed by atoms with Gasteiger partial charge in [-0.15, -0.1) is 6.58 Å². The molecule has 0 unspecified atom stereocenters. The van der Waals surface area contributed by atoms with Crippen molar-refractivity contribution in [3.8, 4) is 0 Å². The van der Waals surface area contributed by atoms with E-state index in [0.717, 1.165) is 0 Å². The van der Waals surface area contributed by atoms with Crippen molar-refractivity contribution in [3.05, 3.63) is 43.0 Å². The maximum absolute atomic E-state index is 13.0. The van der Waals surface area contributed by atoms with Crippen LogP contribution in [0.2, 0.25) is 38.3 Å². The zero-order valence-corrected chi connectivity index (χ0v) is 18.4. The fourth-order valence-electron chi connectivity index (χ4n) is 3.81. The van der Waals surface area contributed by atoms with Crippen LogP contribution in [-0.4, -0.2) is 22.4 Å². The topological polar surface area (TPSA) is 26.3 Å². The minimum atomic E-state index is -1.90. The molecular formula is C20H34O2Si2. The van der Waals surface area contributed by atoms with Crippen LogP contribution in [0, 0.1) is 11.8 Å². The highest BCUT2D eigenvalue weighted by Crippen LogP contribution is 2.40. The lowest BCUT2D eigenvalue weighted by atomic mass is 9.93. The second-order valence-corrected chi connectivity index (χ2v) is 17.6. The fraction of sp³-hybridized carbons (Fsp3) is 0.550. The molecule has 2 nitrogen and oxygen atoms in total. The molecule has 0 aromatic heterocycles. The largest absolute Gasteiger partial charge is 0.520 e. The van der Waals surface area contributed by atoms with E-state index >= 15 is 0 Å². The van der Waals surface area contributed by atoms with Crippen LogP contribution in [0.1, 0.15) is 20.3 Å². The summed E-state index contributed by atoms with van der Waals surface area (Å²) in [5.41, 5.74) is 0.321. The molecule has 0 saturated carbocycles. The molecule has 0 spiro atoms. The maximum Gasteiger partial charge on any atom is 0.295 e. The summed E-state index contributed by atoms with van der Waals surface area (Å²) >= 11 is 0. The summed E-state index contributed by atoms with van der Waals surface area (Å²) in [6, 6.07) is 10.7. The molecule has 0 N–H and O–H groups in total. The predicted octanol–water partition coefficient (Wildman–Crippen LogP) is 5.20. The lowest BCUT2D eigenvalue weighted by Gasteiger charge is -2.41. The predicted molar refractivity (Wildman–Crippen MR) is 110 cm³/mol. The molecule has 1 aromatic carbocycles. The van der Waals surface area contributed by atoms with Crippen molar-refractivity contribution < 1.29 is 9.22 Å². The van der Waals surface area contributed by atoms with Gasteiger partial charge in [-0.05, 0) is 37.5 Å². The Kier molecular flexibility index (Phi) is 7.23. The molecule has 0 saturated heterocycles. The van der Waals surface area contributed by atoms with E-state index < -0.39 is 16.4 Å². The van der Waals surface area contributed by atoms with Crippen LogP contribution in [0.15, 0.2) is 43.0 Å². The Hall–Kier alpha value is -1.14.